The first-order valence-corrected chi connectivity index (χ1v) is 7.11. The molecule has 1 amide bonds. The molecule has 1 aliphatic rings. The first-order chi connectivity index (χ1) is 10.2. The second kappa shape index (κ2) is 4.48. The Hall–Kier alpha value is -2.56. The van der Waals surface area contributed by atoms with Crippen molar-refractivity contribution in [3.05, 3.63) is 48.5 Å². The maximum atomic E-state index is 12.4. The van der Waals surface area contributed by atoms with E-state index in [-0.39, 0.29) is 5.91 Å². The van der Waals surface area contributed by atoms with Crippen molar-refractivity contribution in [1.82, 2.24) is 19.3 Å². The lowest BCUT2D eigenvalue weighted by Crippen LogP contribution is -2.25. The van der Waals surface area contributed by atoms with Gasteiger partial charge in [-0.2, -0.15) is 0 Å². The molecule has 1 saturated carbocycles. The Bertz CT molecular complexity index is 826. The first-order valence-electron chi connectivity index (χ1n) is 7.11. The molecule has 1 N–H and O–H groups in total. The van der Waals surface area contributed by atoms with Crippen LogP contribution in [0.5, 0.6) is 0 Å². The van der Waals surface area contributed by atoms with E-state index in [4.69, 9.17) is 0 Å². The largest absolute Gasteiger partial charge is 0.349 e. The molecule has 3 aromatic heterocycles. The van der Waals surface area contributed by atoms with Crippen LogP contribution in [-0.2, 0) is 7.05 Å². The molecule has 4 rings (SSSR count). The second-order valence-electron chi connectivity index (χ2n) is 5.57. The van der Waals surface area contributed by atoms with Crippen LogP contribution in [0.4, 0.5) is 0 Å². The normalized spacial score (nSPS) is 14.5. The number of fused-ring (bicyclic) bond motifs is 1. The number of nitrogens with zero attached hydrogens (tertiary/aromatic N) is 3. The molecular formula is C16H16N4O. The molecule has 0 aromatic carbocycles. The number of carbonyl (C=O) groups excluding carboxylic acids is 1. The van der Waals surface area contributed by atoms with Crippen LogP contribution in [0.1, 0.15) is 23.2 Å². The van der Waals surface area contributed by atoms with Crippen molar-refractivity contribution < 1.29 is 4.79 Å². The zero-order valence-electron chi connectivity index (χ0n) is 11.8. The molecule has 1 aliphatic carbocycles. The predicted octanol–water partition coefficient (Wildman–Crippen LogP) is 2.23. The van der Waals surface area contributed by atoms with Crippen LogP contribution in [0.25, 0.3) is 16.9 Å². The zero-order chi connectivity index (χ0) is 14.4. The summed E-state index contributed by atoms with van der Waals surface area (Å²) in [7, 11) is 1.94. The van der Waals surface area contributed by atoms with Gasteiger partial charge >= 0.3 is 0 Å². The fourth-order valence-corrected chi connectivity index (χ4v) is 2.57. The van der Waals surface area contributed by atoms with Crippen LogP contribution >= 0.6 is 0 Å². The van der Waals surface area contributed by atoms with Gasteiger partial charge in [0.25, 0.3) is 5.91 Å². The predicted molar refractivity (Wildman–Crippen MR) is 80.1 cm³/mol. The number of hydrogen-bond donors (Lipinski definition) is 1. The number of aromatic nitrogens is 3. The van der Waals surface area contributed by atoms with Gasteiger partial charge in [-0.3, -0.25) is 4.79 Å². The van der Waals surface area contributed by atoms with E-state index in [1.807, 2.05) is 52.7 Å². The fourth-order valence-electron chi connectivity index (χ4n) is 2.57. The lowest BCUT2D eigenvalue weighted by molar-refractivity contribution is 0.0953. The minimum atomic E-state index is 0.00313. The monoisotopic (exact) mass is 280 g/mol. The molecule has 21 heavy (non-hydrogen) atoms. The zero-order valence-corrected chi connectivity index (χ0v) is 11.8. The van der Waals surface area contributed by atoms with Gasteiger partial charge in [-0.1, -0.05) is 6.07 Å². The van der Waals surface area contributed by atoms with Crippen LogP contribution in [0.2, 0.25) is 0 Å². The van der Waals surface area contributed by atoms with Crippen LogP contribution in [0.15, 0.2) is 43.0 Å². The molecule has 0 unspecified atom stereocenters. The van der Waals surface area contributed by atoms with Crippen molar-refractivity contribution in [2.45, 2.75) is 18.9 Å². The van der Waals surface area contributed by atoms with Crippen molar-refractivity contribution in [3.63, 3.8) is 0 Å². The molecule has 106 valence electrons. The summed E-state index contributed by atoms with van der Waals surface area (Å²) in [6.07, 6.45) is 7.86. The van der Waals surface area contributed by atoms with Crippen LogP contribution < -0.4 is 5.32 Å². The number of amides is 1. The molecule has 0 bridgehead atoms. The summed E-state index contributed by atoms with van der Waals surface area (Å²) < 4.78 is 3.92. The fraction of sp³-hybridized carbons (Fsp3) is 0.250. The summed E-state index contributed by atoms with van der Waals surface area (Å²) in [5.74, 6) is 0.00313. The highest BCUT2D eigenvalue weighted by atomic mass is 16.1. The van der Waals surface area contributed by atoms with E-state index in [0.717, 1.165) is 29.7 Å². The van der Waals surface area contributed by atoms with E-state index in [2.05, 4.69) is 10.3 Å². The highest BCUT2D eigenvalue weighted by Gasteiger charge is 2.25. The summed E-state index contributed by atoms with van der Waals surface area (Å²) in [5, 5.41) is 3.05. The molecule has 5 heteroatoms. The van der Waals surface area contributed by atoms with Gasteiger partial charge < -0.3 is 14.3 Å². The Balaban J connectivity index is 1.85. The van der Waals surface area contributed by atoms with E-state index in [1.54, 1.807) is 6.33 Å². The Labute approximate surface area is 122 Å². The first kappa shape index (κ1) is 12.2. The molecule has 1 fully saturated rings. The number of imidazole rings is 1. The molecule has 0 spiro atoms. The number of pyridine rings is 1. The molecule has 0 radical (unpaired) electrons. The van der Waals surface area contributed by atoms with Crippen LogP contribution in [0.3, 0.4) is 0 Å². The third-order valence-electron chi connectivity index (χ3n) is 3.80. The highest BCUT2D eigenvalue weighted by Crippen LogP contribution is 2.26. The number of rotatable bonds is 3. The smallest absolute Gasteiger partial charge is 0.253 e. The Morgan fingerprint density at radius 1 is 1.38 bits per heavy atom. The van der Waals surface area contributed by atoms with E-state index < -0.39 is 0 Å². The molecule has 0 saturated heterocycles. The maximum Gasteiger partial charge on any atom is 0.253 e. The molecule has 0 atom stereocenters. The topological polar surface area (TPSA) is 51.3 Å². The molecular weight excluding hydrogens is 264 g/mol. The van der Waals surface area contributed by atoms with Crippen LogP contribution in [-0.4, -0.2) is 25.9 Å². The van der Waals surface area contributed by atoms with Crippen molar-refractivity contribution in [1.29, 1.82) is 0 Å². The standard InChI is InChI=1S/C16H16N4O/c1-19-9-13(17-10-19)15-8-12(16(21)18-11-5-6-11)14-4-2-3-7-20(14)15/h2-4,7-11H,5-6H2,1H3,(H,18,21). The summed E-state index contributed by atoms with van der Waals surface area (Å²) in [6.45, 7) is 0. The van der Waals surface area contributed by atoms with Crippen LogP contribution in [0, 0.1) is 0 Å². The van der Waals surface area contributed by atoms with Crippen molar-refractivity contribution >= 4 is 11.4 Å². The van der Waals surface area contributed by atoms with Crippen molar-refractivity contribution in [2.24, 2.45) is 7.05 Å². The number of carbonyl (C=O) groups is 1. The van der Waals surface area contributed by atoms with E-state index in [0.29, 0.717) is 11.6 Å². The van der Waals surface area contributed by atoms with Gasteiger partial charge in [0.2, 0.25) is 0 Å². The van der Waals surface area contributed by atoms with Gasteiger partial charge in [0, 0.05) is 25.5 Å². The average molecular weight is 280 g/mol. The number of hydrogen-bond acceptors (Lipinski definition) is 2. The SMILES string of the molecule is Cn1cnc(-c2cc(C(=O)NC3CC3)c3ccccn23)c1. The van der Waals surface area contributed by atoms with Gasteiger partial charge in [-0.05, 0) is 31.0 Å². The summed E-state index contributed by atoms with van der Waals surface area (Å²) in [6, 6.07) is 8.16. The Morgan fingerprint density at radius 3 is 2.95 bits per heavy atom. The quantitative estimate of drug-likeness (QED) is 0.800. The van der Waals surface area contributed by atoms with Crippen molar-refractivity contribution in [3.8, 4) is 11.4 Å². The number of nitrogens with one attached hydrogen (secondary N) is 1. The van der Waals surface area contributed by atoms with E-state index in [9.17, 15) is 4.79 Å². The van der Waals surface area contributed by atoms with E-state index in [1.165, 1.54) is 0 Å². The minimum absolute atomic E-state index is 0.00313. The van der Waals surface area contributed by atoms with E-state index >= 15 is 0 Å². The van der Waals surface area contributed by atoms with Gasteiger partial charge in [0.1, 0.15) is 5.69 Å². The molecule has 3 aromatic rings. The molecule has 3 heterocycles. The third-order valence-corrected chi connectivity index (χ3v) is 3.80. The lowest BCUT2D eigenvalue weighted by atomic mass is 10.2. The highest BCUT2D eigenvalue weighted by molar-refractivity contribution is 6.03. The van der Waals surface area contributed by atoms with Gasteiger partial charge in [0.15, 0.2) is 0 Å². The second-order valence-corrected chi connectivity index (χ2v) is 5.57. The maximum absolute atomic E-state index is 12.4. The third kappa shape index (κ3) is 2.11. The van der Waals surface area contributed by atoms with Crippen molar-refractivity contribution in [2.75, 3.05) is 0 Å². The van der Waals surface area contributed by atoms with Gasteiger partial charge in [0.05, 0.1) is 23.1 Å². The number of aryl methyl sites for hydroxylation is 1. The molecule has 0 aliphatic heterocycles. The summed E-state index contributed by atoms with van der Waals surface area (Å²) >= 11 is 0. The molecule has 5 nitrogen and oxygen atoms in total. The Morgan fingerprint density at radius 2 is 2.24 bits per heavy atom. The van der Waals surface area contributed by atoms with Gasteiger partial charge in [-0.15, -0.1) is 0 Å². The summed E-state index contributed by atoms with van der Waals surface area (Å²) in [5.41, 5.74) is 3.43. The van der Waals surface area contributed by atoms with Gasteiger partial charge in [-0.25, -0.2) is 4.98 Å². The minimum Gasteiger partial charge on any atom is -0.349 e. The average Bonchev–Trinajstić information content (AvgIpc) is 3.06. The Kier molecular flexibility index (Phi) is 2.60. The lowest BCUT2D eigenvalue weighted by Gasteiger charge is -2.02. The summed E-state index contributed by atoms with van der Waals surface area (Å²) in [4.78, 5) is 16.8.